The van der Waals surface area contributed by atoms with Crippen LogP contribution in [0.5, 0.6) is 17.2 Å². The largest absolute Gasteiger partial charge is 0.497 e. The molecule has 0 unspecified atom stereocenters. The van der Waals surface area contributed by atoms with Crippen LogP contribution in [0.3, 0.4) is 0 Å². The first kappa shape index (κ1) is 28.2. The molecule has 1 aliphatic rings. The van der Waals surface area contributed by atoms with E-state index in [4.69, 9.17) is 43.0 Å². The molecule has 0 radical (unpaired) electrons. The van der Waals surface area contributed by atoms with Crippen molar-refractivity contribution < 1.29 is 14.2 Å². The number of hydrogen-bond acceptors (Lipinski definition) is 7. The highest BCUT2D eigenvalue weighted by atomic mass is 35.5. The van der Waals surface area contributed by atoms with Gasteiger partial charge in [-0.25, -0.2) is 9.97 Å². The molecule has 1 aromatic heterocycles. The molecule has 2 aromatic carbocycles. The first-order valence-corrected chi connectivity index (χ1v) is 13.1. The Balaban J connectivity index is 1.56. The van der Waals surface area contributed by atoms with Gasteiger partial charge in [0.25, 0.3) is 0 Å². The number of guanidine groups is 1. The van der Waals surface area contributed by atoms with Crippen molar-refractivity contribution in [3.63, 3.8) is 0 Å². The number of ether oxygens (including phenoxy) is 3. The first-order valence-electron chi connectivity index (χ1n) is 12.3. The molecule has 1 saturated heterocycles. The lowest BCUT2D eigenvalue weighted by molar-refractivity contribution is 0.385. The summed E-state index contributed by atoms with van der Waals surface area (Å²) in [7, 11) is 4.77. The normalized spacial score (nSPS) is 13.6. The van der Waals surface area contributed by atoms with Gasteiger partial charge in [-0.15, -0.1) is 0 Å². The lowest BCUT2D eigenvalue weighted by atomic mass is 10.2. The summed E-state index contributed by atoms with van der Waals surface area (Å²) in [5.74, 6) is 2.84. The van der Waals surface area contributed by atoms with Gasteiger partial charge in [-0.05, 0) is 56.4 Å². The minimum atomic E-state index is 0.224. The maximum absolute atomic E-state index is 6.26. The fraction of sp³-hybridized carbons (Fsp3) is 0.333. The third-order valence-corrected chi connectivity index (χ3v) is 6.63. The van der Waals surface area contributed by atoms with E-state index in [1.165, 1.54) is 0 Å². The van der Waals surface area contributed by atoms with Crippen molar-refractivity contribution in [3.8, 4) is 17.2 Å². The molecule has 0 spiro atoms. The number of nitrogens with one attached hydrogen (secondary N) is 2. The summed E-state index contributed by atoms with van der Waals surface area (Å²) in [4.78, 5) is 18.3. The third-order valence-electron chi connectivity index (χ3n) is 6.15. The van der Waals surface area contributed by atoms with E-state index < -0.39 is 0 Å². The zero-order chi connectivity index (χ0) is 27.9. The Bertz CT molecular complexity index is 1330. The summed E-state index contributed by atoms with van der Waals surface area (Å²) in [6, 6.07) is 13.4. The molecule has 206 valence electrons. The molecule has 1 fully saturated rings. The number of methoxy groups -OCH3 is 3. The van der Waals surface area contributed by atoms with Gasteiger partial charge in [0, 0.05) is 55.4 Å². The van der Waals surface area contributed by atoms with Gasteiger partial charge in [0.05, 0.1) is 32.0 Å². The Kier molecular flexibility index (Phi) is 9.26. The van der Waals surface area contributed by atoms with Crippen LogP contribution in [0, 0.1) is 13.8 Å². The van der Waals surface area contributed by atoms with Crippen molar-refractivity contribution in [2.24, 2.45) is 4.99 Å². The second-order valence-corrected chi connectivity index (χ2v) is 9.62. The number of aliphatic imine (C=N–C) groups is 1. The van der Waals surface area contributed by atoms with Crippen LogP contribution in [0.15, 0.2) is 47.5 Å². The van der Waals surface area contributed by atoms with Gasteiger partial charge in [0.1, 0.15) is 17.2 Å². The topological polar surface area (TPSA) is 96.4 Å². The average Bonchev–Trinajstić information content (AvgIpc) is 2.93. The molecule has 0 bridgehead atoms. The fourth-order valence-electron chi connectivity index (χ4n) is 4.23. The molecular weight excluding hydrogens is 538 g/mol. The van der Waals surface area contributed by atoms with Gasteiger partial charge < -0.3 is 29.3 Å². The molecule has 0 aliphatic carbocycles. The van der Waals surface area contributed by atoms with Gasteiger partial charge in [-0.1, -0.05) is 11.6 Å². The first-order chi connectivity index (χ1) is 18.8. The van der Waals surface area contributed by atoms with Crippen LogP contribution in [0.25, 0.3) is 0 Å². The van der Waals surface area contributed by atoms with Crippen LogP contribution in [0.1, 0.15) is 11.4 Å². The van der Waals surface area contributed by atoms with Gasteiger partial charge in [0.15, 0.2) is 0 Å². The molecule has 12 heteroatoms. The van der Waals surface area contributed by atoms with Gasteiger partial charge in [-0.2, -0.15) is 4.99 Å². The molecule has 1 aliphatic heterocycles. The van der Waals surface area contributed by atoms with E-state index in [-0.39, 0.29) is 5.11 Å². The minimum absolute atomic E-state index is 0.224. The van der Waals surface area contributed by atoms with E-state index in [2.05, 4.69) is 42.5 Å². The Morgan fingerprint density at radius 2 is 1.51 bits per heavy atom. The van der Waals surface area contributed by atoms with E-state index in [0.29, 0.717) is 47.2 Å². The van der Waals surface area contributed by atoms with Crippen molar-refractivity contribution in [3.05, 3.63) is 58.9 Å². The number of rotatable bonds is 6. The van der Waals surface area contributed by atoms with Crippen LogP contribution >= 0.6 is 23.8 Å². The SMILES string of the molecule is COc1ccc(N2CCN(/C(=N\C(=S)Nc3cc(OC)c(Cl)cc3OC)Nc3nc(C)cc(C)n3)CC2)cc1. The average molecular weight is 570 g/mol. The van der Waals surface area contributed by atoms with Crippen LogP contribution in [-0.2, 0) is 0 Å². The highest BCUT2D eigenvalue weighted by molar-refractivity contribution is 7.80. The number of nitrogens with zero attached hydrogens (tertiary/aromatic N) is 5. The molecule has 0 saturated carbocycles. The van der Waals surface area contributed by atoms with Crippen LogP contribution < -0.4 is 29.7 Å². The highest BCUT2D eigenvalue weighted by Crippen LogP contribution is 2.36. The molecule has 2 heterocycles. The number of halogens is 1. The zero-order valence-corrected chi connectivity index (χ0v) is 24.2. The Morgan fingerprint density at radius 3 is 2.10 bits per heavy atom. The lowest BCUT2D eigenvalue weighted by Crippen LogP contribution is -2.51. The van der Waals surface area contributed by atoms with Gasteiger partial charge in [-0.3, -0.25) is 5.32 Å². The summed E-state index contributed by atoms with van der Waals surface area (Å²) in [6.07, 6.45) is 0. The second kappa shape index (κ2) is 12.8. The number of benzene rings is 2. The molecule has 39 heavy (non-hydrogen) atoms. The third kappa shape index (κ3) is 7.18. The van der Waals surface area contributed by atoms with E-state index in [9.17, 15) is 0 Å². The highest BCUT2D eigenvalue weighted by Gasteiger charge is 2.22. The molecule has 4 rings (SSSR count). The standard InChI is InChI=1S/C27H32ClN7O3S/c1-17-14-18(2)30-25(29-17)32-26(33-27(39)31-22-16-23(37-4)21(28)15-24(22)38-5)35-12-10-34(11-13-35)19-6-8-20(36-3)9-7-19/h6-9,14-16H,10-13H2,1-5H3,(H2,29,30,31,32,33,39). The van der Waals surface area contributed by atoms with Crippen molar-refractivity contribution in [1.82, 2.24) is 14.9 Å². The van der Waals surface area contributed by atoms with Crippen LogP contribution in [0.4, 0.5) is 17.3 Å². The predicted octanol–water partition coefficient (Wildman–Crippen LogP) is 4.76. The van der Waals surface area contributed by atoms with Gasteiger partial charge in [0.2, 0.25) is 17.0 Å². The lowest BCUT2D eigenvalue weighted by Gasteiger charge is -2.37. The predicted molar refractivity (Wildman–Crippen MR) is 160 cm³/mol. The fourth-order valence-corrected chi connectivity index (χ4v) is 4.65. The second-order valence-electron chi connectivity index (χ2n) is 8.82. The van der Waals surface area contributed by atoms with E-state index in [0.717, 1.165) is 35.9 Å². The van der Waals surface area contributed by atoms with Crippen molar-refractivity contribution in [2.75, 3.05) is 63.0 Å². The summed E-state index contributed by atoms with van der Waals surface area (Å²) in [5, 5.41) is 7.08. The summed E-state index contributed by atoms with van der Waals surface area (Å²) in [5.41, 5.74) is 3.43. The molecular formula is C27H32ClN7O3S. The molecule has 3 aromatic rings. The number of piperazine rings is 1. The quantitative estimate of drug-likeness (QED) is 0.246. The Labute approximate surface area is 239 Å². The molecule has 2 N–H and O–H groups in total. The summed E-state index contributed by atoms with van der Waals surface area (Å²) < 4.78 is 16.1. The number of aromatic nitrogens is 2. The summed E-state index contributed by atoms with van der Waals surface area (Å²) >= 11 is 11.9. The Morgan fingerprint density at radius 1 is 0.872 bits per heavy atom. The Hall–Kier alpha value is -3.83. The number of hydrogen-bond donors (Lipinski definition) is 2. The molecule has 0 amide bonds. The maximum atomic E-state index is 6.26. The van der Waals surface area contributed by atoms with E-state index in [1.54, 1.807) is 33.5 Å². The molecule has 0 atom stereocenters. The molecule has 10 nitrogen and oxygen atoms in total. The van der Waals surface area contributed by atoms with Gasteiger partial charge >= 0.3 is 0 Å². The van der Waals surface area contributed by atoms with Crippen molar-refractivity contribution in [2.45, 2.75) is 13.8 Å². The number of thiocarbonyl (C=S) groups is 1. The smallest absolute Gasteiger partial charge is 0.229 e. The van der Waals surface area contributed by atoms with Crippen LogP contribution in [0.2, 0.25) is 5.02 Å². The van der Waals surface area contributed by atoms with Crippen molar-refractivity contribution in [1.29, 1.82) is 0 Å². The van der Waals surface area contributed by atoms with Crippen molar-refractivity contribution >= 4 is 52.2 Å². The number of aryl methyl sites for hydroxylation is 2. The monoisotopic (exact) mass is 569 g/mol. The van der Waals surface area contributed by atoms with E-state index >= 15 is 0 Å². The zero-order valence-electron chi connectivity index (χ0n) is 22.6. The van der Waals surface area contributed by atoms with E-state index in [1.807, 2.05) is 32.0 Å². The number of anilines is 3. The summed E-state index contributed by atoms with van der Waals surface area (Å²) in [6.45, 7) is 6.87. The van der Waals surface area contributed by atoms with Crippen LogP contribution in [-0.4, -0.2) is 73.4 Å². The minimum Gasteiger partial charge on any atom is -0.497 e. The maximum Gasteiger partial charge on any atom is 0.229 e.